The highest BCUT2D eigenvalue weighted by Gasteiger charge is 2.46. The van der Waals surface area contributed by atoms with Gasteiger partial charge in [-0.3, -0.25) is 4.79 Å². The van der Waals surface area contributed by atoms with Crippen LogP contribution in [0.2, 0.25) is 0 Å². The molecule has 2 aliphatic heterocycles. The molecule has 0 aliphatic carbocycles. The molecule has 3 aromatic rings. The molecule has 16 heteroatoms. The standard InChI is InChI=1S/C27H30O16/c28-7-15-18(33)20(35)22(37)26(41-15)39-10-3-1-9(2-4-10)14-6-12(31)17-11(30)5-13(32)24(25(17)40-14)43-27-23(38)21(36)19(34)16(8-29)42-27/h1-6,15-16,18-23,26-30,32-38H,7-8H2/t15-,16-,18+,19-,20+,21+,22-,23+,26-,27+/m1/s1. The van der Waals surface area contributed by atoms with Gasteiger partial charge in [-0.05, 0) is 24.3 Å². The molecular formula is C27H30O16. The van der Waals surface area contributed by atoms with Gasteiger partial charge in [-0.25, -0.2) is 0 Å². The first-order chi connectivity index (χ1) is 20.4. The second-order valence-corrected chi connectivity index (χ2v) is 10.1. The molecule has 43 heavy (non-hydrogen) atoms. The zero-order valence-corrected chi connectivity index (χ0v) is 22.1. The highest BCUT2D eigenvalue weighted by molar-refractivity contribution is 5.91. The van der Waals surface area contributed by atoms with Crippen LogP contribution >= 0.6 is 0 Å². The number of hydrogen-bond acceptors (Lipinski definition) is 16. The first kappa shape index (κ1) is 30.9. The van der Waals surface area contributed by atoms with E-state index in [0.717, 1.165) is 12.1 Å². The van der Waals surface area contributed by atoms with E-state index in [4.69, 9.17) is 23.4 Å². The quantitative estimate of drug-likeness (QED) is 0.130. The van der Waals surface area contributed by atoms with E-state index in [9.17, 15) is 55.9 Å². The molecule has 0 radical (unpaired) electrons. The Morgan fingerprint density at radius 3 is 1.74 bits per heavy atom. The van der Waals surface area contributed by atoms with Gasteiger partial charge in [0.2, 0.25) is 18.3 Å². The van der Waals surface area contributed by atoms with Crippen LogP contribution in [0.15, 0.2) is 45.6 Å². The van der Waals surface area contributed by atoms with Crippen molar-refractivity contribution < 1.29 is 74.4 Å². The predicted octanol–water partition coefficient (Wildman–Crippen LogP) is -2.77. The summed E-state index contributed by atoms with van der Waals surface area (Å²) in [5.74, 6) is -1.90. The van der Waals surface area contributed by atoms with Crippen LogP contribution in [0.4, 0.5) is 0 Å². The number of phenols is 2. The largest absolute Gasteiger partial charge is 0.507 e. The minimum atomic E-state index is -1.85. The fraction of sp³-hybridized carbons (Fsp3) is 0.444. The summed E-state index contributed by atoms with van der Waals surface area (Å²) in [6, 6.07) is 7.50. The monoisotopic (exact) mass is 610 g/mol. The van der Waals surface area contributed by atoms with E-state index in [1.165, 1.54) is 24.3 Å². The minimum Gasteiger partial charge on any atom is -0.507 e. The molecule has 0 unspecified atom stereocenters. The Labute approximate surface area is 241 Å². The Hall–Kier alpha value is -3.55. The van der Waals surface area contributed by atoms with Crippen LogP contribution in [0.1, 0.15) is 0 Å². The van der Waals surface area contributed by atoms with Crippen LogP contribution in [0.3, 0.4) is 0 Å². The number of aliphatic hydroxyl groups excluding tert-OH is 8. The van der Waals surface area contributed by atoms with Crippen LogP contribution in [0.25, 0.3) is 22.3 Å². The Morgan fingerprint density at radius 2 is 1.21 bits per heavy atom. The first-order valence-electron chi connectivity index (χ1n) is 13.0. The number of aromatic hydroxyl groups is 2. The molecule has 234 valence electrons. The van der Waals surface area contributed by atoms with Gasteiger partial charge in [0.05, 0.1) is 13.2 Å². The van der Waals surface area contributed by atoms with Crippen molar-refractivity contribution in [3.8, 4) is 34.3 Å². The zero-order chi connectivity index (χ0) is 31.2. The van der Waals surface area contributed by atoms with E-state index in [2.05, 4.69) is 0 Å². The van der Waals surface area contributed by atoms with Crippen LogP contribution in [0.5, 0.6) is 23.0 Å². The van der Waals surface area contributed by atoms with Crippen molar-refractivity contribution in [2.45, 2.75) is 61.4 Å². The molecule has 2 saturated heterocycles. The first-order valence-corrected chi connectivity index (χ1v) is 13.0. The minimum absolute atomic E-state index is 0.0828. The predicted molar refractivity (Wildman–Crippen MR) is 140 cm³/mol. The second-order valence-electron chi connectivity index (χ2n) is 10.1. The van der Waals surface area contributed by atoms with Gasteiger partial charge in [0.15, 0.2) is 16.8 Å². The summed E-state index contributed by atoms with van der Waals surface area (Å²) >= 11 is 0. The van der Waals surface area contributed by atoms with Gasteiger partial charge in [0, 0.05) is 17.7 Å². The fourth-order valence-electron chi connectivity index (χ4n) is 4.81. The van der Waals surface area contributed by atoms with Gasteiger partial charge in [-0.15, -0.1) is 0 Å². The van der Waals surface area contributed by atoms with Crippen molar-refractivity contribution in [3.63, 3.8) is 0 Å². The van der Waals surface area contributed by atoms with Gasteiger partial charge < -0.3 is 74.4 Å². The molecule has 0 amide bonds. The molecule has 2 aliphatic rings. The summed E-state index contributed by atoms with van der Waals surface area (Å²) in [6.45, 7) is -1.39. The van der Waals surface area contributed by atoms with Crippen molar-refractivity contribution in [2.75, 3.05) is 13.2 Å². The maximum atomic E-state index is 13.0. The Balaban J connectivity index is 1.45. The summed E-state index contributed by atoms with van der Waals surface area (Å²) < 4.78 is 27.6. The number of hydrogen-bond donors (Lipinski definition) is 10. The number of fused-ring (bicyclic) bond motifs is 1. The lowest BCUT2D eigenvalue weighted by atomic mass is 9.99. The third-order valence-corrected chi connectivity index (χ3v) is 7.24. The van der Waals surface area contributed by atoms with Crippen LogP contribution in [-0.2, 0) is 9.47 Å². The second kappa shape index (κ2) is 12.2. The van der Waals surface area contributed by atoms with E-state index >= 15 is 0 Å². The molecule has 2 fully saturated rings. The van der Waals surface area contributed by atoms with Crippen LogP contribution in [0, 0.1) is 0 Å². The van der Waals surface area contributed by atoms with Crippen molar-refractivity contribution in [2.24, 2.45) is 0 Å². The number of benzene rings is 2. The Kier molecular flexibility index (Phi) is 8.77. The number of rotatable bonds is 7. The van der Waals surface area contributed by atoms with E-state index in [1.54, 1.807) is 0 Å². The summed E-state index contributed by atoms with van der Waals surface area (Å²) in [7, 11) is 0. The highest BCUT2D eigenvalue weighted by Crippen LogP contribution is 2.42. The molecule has 2 aromatic carbocycles. The normalized spacial score (nSPS) is 32.9. The molecule has 5 rings (SSSR count). The summed E-state index contributed by atoms with van der Waals surface area (Å²) in [4.78, 5) is 13.0. The molecular weight excluding hydrogens is 580 g/mol. The summed E-state index contributed by atoms with van der Waals surface area (Å²) in [5.41, 5.74) is -0.936. The third-order valence-electron chi connectivity index (χ3n) is 7.24. The topological polar surface area (TPSA) is 269 Å². The van der Waals surface area contributed by atoms with Crippen LogP contribution < -0.4 is 14.9 Å². The van der Waals surface area contributed by atoms with Gasteiger partial charge in [0.1, 0.15) is 71.5 Å². The molecule has 10 N–H and O–H groups in total. The van der Waals surface area contributed by atoms with Crippen molar-refractivity contribution in [1.29, 1.82) is 0 Å². The molecule has 0 saturated carbocycles. The van der Waals surface area contributed by atoms with E-state index in [1.807, 2.05) is 0 Å². The average molecular weight is 611 g/mol. The average Bonchev–Trinajstić information content (AvgIpc) is 2.99. The van der Waals surface area contributed by atoms with Crippen LogP contribution in [-0.4, -0.2) is 126 Å². The van der Waals surface area contributed by atoms with Gasteiger partial charge in [-0.1, -0.05) is 0 Å². The van der Waals surface area contributed by atoms with Crippen molar-refractivity contribution in [1.82, 2.24) is 0 Å². The fourth-order valence-corrected chi connectivity index (χ4v) is 4.81. The SMILES string of the molecule is O=c1cc(-c2ccc(O[C@@H]3O[C@H](CO)[C@H](O)[C@H](O)[C@H]3O)cc2)oc2c(O[C@@H]3O[C@H](CO)[C@@H](O)[C@H](O)[C@@H]3O)c(O)cc(O)c12. The third kappa shape index (κ3) is 5.73. The molecule has 0 bridgehead atoms. The maximum Gasteiger partial charge on any atom is 0.229 e. The van der Waals surface area contributed by atoms with Crippen molar-refractivity contribution >= 4 is 11.0 Å². The van der Waals surface area contributed by atoms with Gasteiger partial charge in [-0.2, -0.15) is 0 Å². The Bertz CT molecular complexity index is 1490. The number of aliphatic hydroxyl groups is 8. The molecule has 1 aromatic heterocycles. The lowest BCUT2D eigenvalue weighted by molar-refractivity contribution is -0.277. The smallest absolute Gasteiger partial charge is 0.229 e. The van der Waals surface area contributed by atoms with Gasteiger partial charge in [0.25, 0.3) is 0 Å². The lowest BCUT2D eigenvalue weighted by Crippen LogP contribution is -2.60. The highest BCUT2D eigenvalue weighted by atomic mass is 16.7. The Morgan fingerprint density at radius 1 is 0.674 bits per heavy atom. The molecule has 10 atom stereocenters. The molecule has 16 nitrogen and oxygen atoms in total. The van der Waals surface area contributed by atoms with E-state index < -0.39 is 108 Å². The molecule has 3 heterocycles. The summed E-state index contributed by atoms with van der Waals surface area (Å²) in [5, 5.41) is 99.9. The summed E-state index contributed by atoms with van der Waals surface area (Å²) in [6.07, 6.45) is -15.9. The van der Waals surface area contributed by atoms with E-state index in [0.29, 0.717) is 0 Å². The number of ether oxygens (including phenoxy) is 4. The maximum absolute atomic E-state index is 13.0. The molecule has 0 spiro atoms. The van der Waals surface area contributed by atoms with E-state index in [-0.39, 0.29) is 17.1 Å². The number of phenolic OH excluding ortho intramolecular Hbond substituents is 2. The lowest BCUT2D eigenvalue weighted by Gasteiger charge is -2.39. The van der Waals surface area contributed by atoms with Gasteiger partial charge >= 0.3 is 0 Å². The zero-order valence-electron chi connectivity index (χ0n) is 22.1. The van der Waals surface area contributed by atoms with Crippen molar-refractivity contribution in [3.05, 3.63) is 46.6 Å².